The molecule has 1 aromatic carbocycles. The summed E-state index contributed by atoms with van der Waals surface area (Å²) in [5.41, 5.74) is 7.91. The van der Waals surface area contributed by atoms with Crippen LogP contribution in [-0.2, 0) is 9.63 Å². The van der Waals surface area contributed by atoms with Crippen LogP contribution in [0.3, 0.4) is 0 Å². The first-order valence-corrected chi connectivity index (χ1v) is 11.4. The van der Waals surface area contributed by atoms with Crippen molar-refractivity contribution in [2.24, 2.45) is 5.41 Å². The standard InChI is InChI=1S/C24H26FN7O3/c1-24(2,3)23(33)35-31-8-6-16(7-9-31)32-13-14(11-28-32)18-12-27-21(26)20(29-18)22-30-17-5-4-15(25)10-19(17)34-22/h4-5,10-13,16H,6-9H2,1-3H3,(H2,26,27). The van der Waals surface area contributed by atoms with Gasteiger partial charge in [0.15, 0.2) is 17.1 Å². The maximum atomic E-state index is 13.5. The molecule has 0 amide bonds. The molecule has 0 unspecified atom stereocenters. The molecule has 11 heteroatoms. The number of hydrogen-bond acceptors (Lipinski definition) is 9. The van der Waals surface area contributed by atoms with Gasteiger partial charge in [-0.2, -0.15) is 5.10 Å². The van der Waals surface area contributed by atoms with E-state index >= 15 is 0 Å². The number of halogens is 1. The summed E-state index contributed by atoms with van der Waals surface area (Å²) in [5, 5.41) is 6.24. The molecule has 0 aliphatic carbocycles. The maximum Gasteiger partial charge on any atom is 0.330 e. The van der Waals surface area contributed by atoms with Gasteiger partial charge in [-0.05, 0) is 45.7 Å². The molecule has 1 aliphatic rings. The van der Waals surface area contributed by atoms with Gasteiger partial charge in [0, 0.05) is 30.9 Å². The van der Waals surface area contributed by atoms with Crippen LogP contribution in [0.25, 0.3) is 33.9 Å². The van der Waals surface area contributed by atoms with Crippen LogP contribution in [0, 0.1) is 11.2 Å². The Kier molecular flexibility index (Phi) is 5.72. The molecule has 4 heterocycles. The first kappa shape index (κ1) is 22.9. The highest BCUT2D eigenvalue weighted by atomic mass is 19.1. The zero-order valence-electron chi connectivity index (χ0n) is 19.7. The van der Waals surface area contributed by atoms with Crippen molar-refractivity contribution in [1.29, 1.82) is 0 Å². The van der Waals surface area contributed by atoms with Crippen LogP contribution in [0.2, 0.25) is 0 Å². The van der Waals surface area contributed by atoms with Gasteiger partial charge in [-0.3, -0.25) is 4.68 Å². The van der Waals surface area contributed by atoms with Crippen molar-refractivity contribution >= 4 is 22.9 Å². The second-order valence-electron chi connectivity index (χ2n) is 9.62. The number of benzene rings is 1. The summed E-state index contributed by atoms with van der Waals surface area (Å²) in [6, 6.07) is 4.28. The van der Waals surface area contributed by atoms with Crippen molar-refractivity contribution in [1.82, 2.24) is 29.8 Å². The molecule has 10 nitrogen and oxygen atoms in total. The average Bonchev–Trinajstić information content (AvgIpc) is 3.46. The number of carbonyl (C=O) groups is 1. The number of nitrogen functional groups attached to an aromatic ring is 1. The molecule has 0 atom stereocenters. The number of hydroxylamine groups is 2. The first-order chi connectivity index (χ1) is 16.7. The Hall–Kier alpha value is -3.86. The van der Waals surface area contributed by atoms with E-state index in [9.17, 15) is 9.18 Å². The minimum absolute atomic E-state index is 0.158. The van der Waals surface area contributed by atoms with Gasteiger partial charge in [-0.1, -0.05) is 0 Å². The average molecular weight is 480 g/mol. The van der Waals surface area contributed by atoms with E-state index in [0.717, 1.165) is 18.4 Å². The van der Waals surface area contributed by atoms with Crippen molar-refractivity contribution in [2.45, 2.75) is 39.7 Å². The van der Waals surface area contributed by atoms with Gasteiger partial charge in [0.05, 0.1) is 29.5 Å². The fourth-order valence-corrected chi connectivity index (χ4v) is 3.82. The van der Waals surface area contributed by atoms with E-state index in [2.05, 4.69) is 20.1 Å². The van der Waals surface area contributed by atoms with Crippen molar-refractivity contribution in [3.8, 4) is 22.8 Å². The lowest BCUT2D eigenvalue weighted by molar-refractivity contribution is -0.205. The van der Waals surface area contributed by atoms with E-state index < -0.39 is 11.2 Å². The van der Waals surface area contributed by atoms with Crippen LogP contribution in [0.1, 0.15) is 39.7 Å². The lowest BCUT2D eigenvalue weighted by Crippen LogP contribution is -2.39. The molecule has 2 N–H and O–H groups in total. The Morgan fingerprint density at radius 3 is 2.71 bits per heavy atom. The molecule has 1 fully saturated rings. The minimum atomic E-state index is -0.541. The quantitative estimate of drug-likeness (QED) is 0.462. The molecule has 1 aliphatic heterocycles. The zero-order chi connectivity index (χ0) is 24.7. The summed E-state index contributed by atoms with van der Waals surface area (Å²) >= 11 is 0. The molecule has 1 saturated heterocycles. The van der Waals surface area contributed by atoms with Crippen molar-refractivity contribution in [3.63, 3.8) is 0 Å². The summed E-state index contributed by atoms with van der Waals surface area (Å²) in [6.45, 7) is 6.77. The van der Waals surface area contributed by atoms with Crippen LogP contribution >= 0.6 is 0 Å². The second kappa shape index (κ2) is 8.73. The number of anilines is 1. The molecule has 5 rings (SSSR count). The number of hydrogen-bond donors (Lipinski definition) is 1. The zero-order valence-corrected chi connectivity index (χ0v) is 19.7. The molecule has 0 bridgehead atoms. The number of carbonyl (C=O) groups excluding carboxylic acids is 1. The third-order valence-electron chi connectivity index (χ3n) is 5.87. The van der Waals surface area contributed by atoms with Crippen molar-refractivity contribution in [2.75, 3.05) is 18.8 Å². The van der Waals surface area contributed by atoms with Crippen LogP contribution in [0.5, 0.6) is 0 Å². The number of nitrogens with two attached hydrogens (primary N) is 1. The molecule has 35 heavy (non-hydrogen) atoms. The largest absolute Gasteiger partial charge is 0.434 e. The third kappa shape index (κ3) is 4.72. The van der Waals surface area contributed by atoms with Gasteiger partial charge in [0.25, 0.3) is 0 Å². The second-order valence-corrected chi connectivity index (χ2v) is 9.62. The molecule has 182 valence electrons. The SMILES string of the molecule is CC(C)(C)C(=O)ON1CCC(n2cc(-c3cnc(N)c(-c4nc5ccc(F)cc5o4)n3)cn2)CC1. The molecular formula is C24H26FN7O3. The lowest BCUT2D eigenvalue weighted by Gasteiger charge is -2.32. The fourth-order valence-electron chi connectivity index (χ4n) is 3.82. The van der Waals surface area contributed by atoms with E-state index in [0.29, 0.717) is 29.9 Å². The Bertz CT molecular complexity index is 1380. The molecular weight excluding hydrogens is 453 g/mol. The molecule has 0 spiro atoms. The third-order valence-corrected chi connectivity index (χ3v) is 5.87. The summed E-state index contributed by atoms with van der Waals surface area (Å²) in [4.78, 5) is 30.9. The molecule has 0 saturated carbocycles. The predicted octanol–water partition coefficient (Wildman–Crippen LogP) is 4.01. The van der Waals surface area contributed by atoms with Gasteiger partial charge >= 0.3 is 5.97 Å². The smallest absolute Gasteiger partial charge is 0.330 e. The van der Waals surface area contributed by atoms with Gasteiger partial charge in [-0.25, -0.2) is 24.1 Å². The van der Waals surface area contributed by atoms with E-state index in [1.165, 1.54) is 18.2 Å². The monoisotopic (exact) mass is 479 g/mol. The van der Waals surface area contributed by atoms with Gasteiger partial charge in [0.2, 0.25) is 5.89 Å². The fraction of sp³-hybridized carbons (Fsp3) is 0.375. The molecule has 3 aromatic heterocycles. The number of fused-ring (bicyclic) bond motifs is 1. The Morgan fingerprint density at radius 2 is 1.97 bits per heavy atom. The first-order valence-electron chi connectivity index (χ1n) is 11.4. The number of piperidine rings is 1. The van der Waals surface area contributed by atoms with Crippen LogP contribution in [0.15, 0.2) is 41.2 Å². The van der Waals surface area contributed by atoms with Crippen LogP contribution in [0.4, 0.5) is 10.2 Å². The molecule has 0 radical (unpaired) electrons. The van der Waals surface area contributed by atoms with Gasteiger partial charge in [-0.15, -0.1) is 5.06 Å². The van der Waals surface area contributed by atoms with Gasteiger partial charge < -0.3 is 15.0 Å². The normalized spacial score (nSPS) is 15.5. The Morgan fingerprint density at radius 1 is 1.20 bits per heavy atom. The number of oxazole rings is 1. The highest BCUT2D eigenvalue weighted by Gasteiger charge is 2.29. The highest BCUT2D eigenvalue weighted by Crippen LogP contribution is 2.30. The van der Waals surface area contributed by atoms with Crippen LogP contribution < -0.4 is 5.73 Å². The maximum absolute atomic E-state index is 13.5. The number of rotatable bonds is 4. The Labute approximate surface area is 200 Å². The van der Waals surface area contributed by atoms with E-state index in [4.69, 9.17) is 15.0 Å². The highest BCUT2D eigenvalue weighted by molar-refractivity contribution is 5.78. The number of aromatic nitrogens is 5. The summed E-state index contributed by atoms with van der Waals surface area (Å²) in [7, 11) is 0. The van der Waals surface area contributed by atoms with E-state index in [1.54, 1.807) is 17.5 Å². The summed E-state index contributed by atoms with van der Waals surface area (Å²) in [6.07, 6.45) is 6.77. The summed E-state index contributed by atoms with van der Waals surface area (Å²) in [5.74, 6) is -0.329. The molecule has 4 aromatic rings. The minimum Gasteiger partial charge on any atom is -0.434 e. The van der Waals surface area contributed by atoms with Crippen LogP contribution in [-0.4, -0.2) is 48.9 Å². The Balaban J connectivity index is 1.31. The topological polar surface area (TPSA) is 125 Å². The van der Waals surface area contributed by atoms with E-state index in [1.807, 2.05) is 31.6 Å². The number of nitrogens with zero attached hydrogens (tertiary/aromatic N) is 6. The van der Waals surface area contributed by atoms with E-state index in [-0.39, 0.29) is 29.4 Å². The lowest BCUT2D eigenvalue weighted by atomic mass is 9.98. The van der Waals surface area contributed by atoms with Crippen molar-refractivity contribution < 1.29 is 18.4 Å². The summed E-state index contributed by atoms with van der Waals surface area (Å²) < 4.78 is 21.1. The predicted molar refractivity (Wildman–Crippen MR) is 126 cm³/mol. The van der Waals surface area contributed by atoms with Crippen molar-refractivity contribution in [3.05, 3.63) is 42.6 Å². The van der Waals surface area contributed by atoms with Gasteiger partial charge in [0.1, 0.15) is 11.3 Å².